The molecule has 0 saturated heterocycles. The molecule has 0 unspecified atom stereocenters. The summed E-state index contributed by atoms with van der Waals surface area (Å²) in [5.74, 6) is 0.490. The molecule has 2 N–H and O–H groups in total. The molecule has 2 rings (SSSR count). The molecule has 78 valence electrons. The van der Waals surface area contributed by atoms with Crippen LogP contribution >= 0.6 is 0 Å². The second-order valence-electron chi connectivity index (χ2n) is 3.49. The van der Waals surface area contributed by atoms with E-state index in [9.17, 15) is 0 Å². The zero-order valence-electron chi connectivity index (χ0n) is 9.02. The molecular formula is C10H13N5. The van der Waals surface area contributed by atoms with E-state index in [1.54, 1.807) is 6.20 Å². The summed E-state index contributed by atoms with van der Waals surface area (Å²) in [4.78, 5) is 7.96. The van der Waals surface area contributed by atoms with Crippen molar-refractivity contribution in [1.29, 1.82) is 0 Å². The SMILES string of the molecule is Cc1nn(C)c(C)c1-c1cncnc1N. The molecule has 0 spiro atoms. The van der Waals surface area contributed by atoms with Crippen LogP contribution in [0.4, 0.5) is 5.82 Å². The van der Waals surface area contributed by atoms with Crippen LogP contribution in [0.25, 0.3) is 11.1 Å². The first-order valence-corrected chi connectivity index (χ1v) is 4.67. The van der Waals surface area contributed by atoms with E-state index in [4.69, 9.17) is 5.73 Å². The van der Waals surface area contributed by atoms with E-state index in [1.165, 1.54) is 6.33 Å². The Morgan fingerprint density at radius 3 is 2.60 bits per heavy atom. The summed E-state index contributed by atoms with van der Waals surface area (Å²) in [6.45, 7) is 3.95. The van der Waals surface area contributed by atoms with Crippen molar-refractivity contribution in [3.05, 3.63) is 23.9 Å². The lowest BCUT2D eigenvalue weighted by atomic mass is 10.1. The average Bonchev–Trinajstić information content (AvgIpc) is 2.43. The maximum atomic E-state index is 5.81. The highest BCUT2D eigenvalue weighted by Gasteiger charge is 2.14. The van der Waals surface area contributed by atoms with Crippen molar-refractivity contribution in [3.8, 4) is 11.1 Å². The third-order valence-corrected chi connectivity index (χ3v) is 2.52. The van der Waals surface area contributed by atoms with Gasteiger partial charge in [0.25, 0.3) is 0 Å². The van der Waals surface area contributed by atoms with Crippen molar-refractivity contribution in [3.63, 3.8) is 0 Å². The van der Waals surface area contributed by atoms with Crippen LogP contribution in [0.5, 0.6) is 0 Å². The zero-order chi connectivity index (χ0) is 11.0. The number of hydrogen-bond acceptors (Lipinski definition) is 4. The van der Waals surface area contributed by atoms with Crippen molar-refractivity contribution in [2.75, 3.05) is 5.73 Å². The first-order chi connectivity index (χ1) is 7.11. The molecule has 2 aromatic rings. The number of aromatic nitrogens is 4. The number of nitrogen functional groups attached to an aromatic ring is 1. The van der Waals surface area contributed by atoms with Gasteiger partial charge in [0.2, 0.25) is 0 Å². The van der Waals surface area contributed by atoms with E-state index in [-0.39, 0.29) is 0 Å². The van der Waals surface area contributed by atoms with Gasteiger partial charge < -0.3 is 5.73 Å². The van der Waals surface area contributed by atoms with E-state index in [1.807, 2.05) is 25.6 Å². The molecule has 5 heteroatoms. The molecule has 15 heavy (non-hydrogen) atoms. The Kier molecular flexibility index (Phi) is 2.15. The molecule has 0 aliphatic rings. The largest absolute Gasteiger partial charge is 0.383 e. The van der Waals surface area contributed by atoms with Crippen molar-refractivity contribution < 1.29 is 0 Å². The second-order valence-corrected chi connectivity index (χ2v) is 3.49. The van der Waals surface area contributed by atoms with E-state index < -0.39 is 0 Å². The van der Waals surface area contributed by atoms with Gasteiger partial charge in [-0.1, -0.05) is 0 Å². The van der Waals surface area contributed by atoms with Crippen molar-refractivity contribution in [1.82, 2.24) is 19.7 Å². The lowest BCUT2D eigenvalue weighted by Crippen LogP contribution is -1.97. The highest BCUT2D eigenvalue weighted by Crippen LogP contribution is 2.28. The molecule has 0 aliphatic heterocycles. The van der Waals surface area contributed by atoms with Gasteiger partial charge in [0.15, 0.2) is 0 Å². The van der Waals surface area contributed by atoms with Gasteiger partial charge in [-0.15, -0.1) is 0 Å². The molecule has 0 saturated carbocycles. The van der Waals surface area contributed by atoms with E-state index in [2.05, 4.69) is 15.1 Å². The van der Waals surface area contributed by atoms with Crippen LogP contribution in [0, 0.1) is 13.8 Å². The number of nitrogens with zero attached hydrogens (tertiary/aromatic N) is 4. The van der Waals surface area contributed by atoms with Crippen LogP contribution in [0.3, 0.4) is 0 Å². The Hall–Kier alpha value is -1.91. The molecule has 0 bridgehead atoms. The van der Waals surface area contributed by atoms with Crippen LogP contribution in [0.15, 0.2) is 12.5 Å². The summed E-state index contributed by atoms with van der Waals surface area (Å²) in [6, 6.07) is 0. The molecule has 2 aromatic heterocycles. The molecule has 5 nitrogen and oxygen atoms in total. The Morgan fingerprint density at radius 2 is 2.07 bits per heavy atom. The van der Waals surface area contributed by atoms with Crippen LogP contribution in [0.1, 0.15) is 11.4 Å². The van der Waals surface area contributed by atoms with E-state index in [0.29, 0.717) is 5.82 Å². The molecule has 0 aromatic carbocycles. The molecule has 0 radical (unpaired) electrons. The van der Waals surface area contributed by atoms with E-state index >= 15 is 0 Å². The van der Waals surface area contributed by atoms with Crippen LogP contribution in [0.2, 0.25) is 0 Å². The predicted octanol–water partition coefficient (Wildman–Crippen LogP) is 1.08. The van der Waals surface area contributed by atoms with Gasteiger partial charge in [0, 0.05) is 30.1 Å². The van der Waals surface area contributed by atoms with Gasteiger partial charge in [-0.2, -0.15) is 5.10 Å². The van der Waals surface area contributed by atoms with Gasteiger partial charge in [-0.05, 0) is 13.8 Å². The van der Waals surface area contributed by atoms with Crippen LogP contribution in [-0.2, 0) is 7.05 Å². The average molecular weight is 203 g/mol. The number of nitrogens with two attached hydrogens (primary N) is 1. The summed E-state index contributed by atoms with van der Waals surface area (Å²) in [7, 11) is 1.91. The highest BCUT2D eigenvalue weighted by molar-refractivity contribution is 5.76. The van der Waals surface area contributed by atoms with Crippen LogP contribution < -0.4 is 5.73 Å². The lowest BCUT2D eigenvalue weighted by molar-refractivity contribution is 0.731. The first kappa shape index (κ1) is 9.64. The van der Waals surface area contributed by atoms with Crippen molar-refractivity contribution >= 4 is 5.82 Å². The normalized spacial score (nSPS) is 10.6. The summed E-state index contributed by atoms with van der Waals surface area (Å²) < 4.78 is 1.83. The highest BCUT2D eigenvalue weighted by atomic mass is 15.3. The fourth-order valence-corrected chi connectivity index (χ4v) is 1.70. The predicted molar refractivity (Wildman–Crippen MR) is 58.1 cm³/mol. The minimum Gasteiger partial charge on any atom is -0.383 e. The Labute approximate surface area is 88.0 Å². The van der Waals surface area contributed by atoms with Crippen LogP contribution in [-0.4, -0.2) is 19.7 Å². The third kappa shape index (κ3) is 1.45. The molecule has 0 amide bonds. The van der Waals surface area contributed by atoms with Gasteiger partial charge in [0.1, 0.15) is 12.1 Å². The van der Waals surface area contributed by atoms with Gasteiger partial charge >= 0.3 is 0 Å². The summed E-state index contributed by atoms with van der Waals surface area (Å²) in [6.07, 6.45) is 3.17. The maximum absolute atomic E-state index is 5.81. The van der Waals surface area contributed by atoms with Crippen molar-refractivity contribution in [2.24, 2.45) is 7.05 Å². The topological polar surface area (TPSA) is 69.6 Å². The molecular weight excluding hydrogens is 190 g/mol. The zero-order valence-corrected chi connectivity index (χ0v) is 9.02. The fraction of sp³-hybridized carbons (Fsp3) is 0.300. The fourth-order valence-electron chi connectivity index (χ4n) is 1.70. The number of rotatable bonds is 1. The third-order valence-electron chi connectivity index (χ3n) is 2.52. The Bertz CT molecular complexity index is 501. The minimum absolute atomic E-state index is 0.490. The smallest absolute Gasteiger partial charge is 0.134 e. The van der Waals surface area contributed by atoms with Gasteiger partial charge in [-0.25, -0.2) is 9.97 Å². The standard InChI is InChI=1S/C10H13N5/c1-6-9(7(2)15(3)14-6)8-4-12-5-13-10(8)11/h4-5H,1-3H3,(H2,11,12,13). The molecule has 0 fully saturated rings. The molecule has 0 atom stereocenters. The first-order valence-electron chi connectivity index (χ1n) is 4.67. The quantitative estimate of drug-likeness (QED) is 0.752. The lowest BCUT2D eigenvalue weighted by Gasteiger charge is -2.03. The summed E-state index contributed by atoms with van der Waals surface area (Å²) in [5.41, 5.74) is 9.69. The number of aryl methyl sites for hydroxylation is 2. The molecule has 0 aliphatic carbocycles. The second kappa shape index (κ2) is 3.34. The molecule has 2 heterocycles. The van der Waals surface area contributed by atoms with Gasteiger partial charge in [-0.3, -0.25) is 4.68 Å². The number of hydrogen-bond donors (Lipinski definition) is 1. The maximum Gasteiger partial charge on any atom is 0.134 e. The number of anilines is 1. The summed E-state index contributed by atoms with van der Waals surface area (Å²) >= 11 is 0. The Balaban J connectivity index is 2.69. The van der Waals surface area contributed by atoms with E-state index in [0.717, 1.165) is 22.5 Å². The van der Waals surface area contributed by atoms with Crippen molar-refractivity contribution in [2.45, 2.75) is 13.8 Å². The summed E-state index contributed by atoms with van der Waals surface area (Å²) in [5, 5.41) is 4.33. The monoisotopic (exact) mass is 203 g/mol. The van der Waals surface area contributed by atoms with Gasteiger partial charge in [0.05, 0.1) is 5.69 Å². The minimum atomic E-state index is 0.490. The Morgan fingerprint density at radius 1 is 1.33 bits per heavy atom.